The molecule has 9 heteroatoms. The molecule has 0 saturated heterocycles. The molecule has 0 bridgehead atoms. The highest BCUT2D eigenvalue weighted by molar-refractivity contribution is 5.98. The van der Waals surface area contributed by atoms with Gasteiger partial charge in [-0.15, -0.1) is 5.11 Å². The van der Waals surface area contributed by atoms with Crippen LogP contribution in [0.25, 0.3) is 10.8 Å². The van der Waals surface area contributed by atoms with E-state index in [4.69, 9.17) is 0 Å². The number of H-pyrrole nitrogens is 1. The van der Waals surface area contributed by atoms with Crippen molar-refractivity contribution < 1.29 is 19.8 Å². The van der Waals surface area contributed by atoms with Gasteiger partial charge in [0.05, 0.1) is 6.04 Å². The molecule has 0 saturated carbocycles. The van der Waals surface area contributed by atoms with Crippen LogP contribution in [0.4, 0.5) is 10.5 Å². The maximum Gasteiger partial charge on any atom is 0.364 e. The smallest absolute Gasteiger partial charge is 0.364 e. The van der Waals surface area contributed by atoms with Crippen molar-refractivity contribution >= 4 is 28.4 Å². The molecule has 9 nitrogen and oxygen atoms in total. The molecule has 35 heavy (non-hydrogen) atoms. The molecule has 1 aliphatic rings. The molecule has 1 atom stereocenters. The van der Waals surface area contributed by atoms with Crippen molar-refractivity contribution in [2.75, 3.05) is 5.32 Å². The van der Waals surface area contributed by atoms with Crippen molar-refractivity contribution in [2.45, 2.75) is 25.6 Å². The van der Waals surface area contributed by atoms with E-state index in [0.717, 1.165) is 16.7 Å². The normalized spacial score (nSPS) is 15.8. The Hall–Kier alpha value is -4.50. The largest absolute Gasteiger partial charge is 0.494 e. The molecule has 0 spiro atoms. The minimum absolute atomic E-state index is 0.172. The molecule has 3 amide bonds. The van der Waals surface area contributed by atoms with Crippen LogP contribution >= 0.6 is 0 Å². The zero-order valence-electron chi connectivity index (χ0n) is 18.7. The Balaban J connectivity index is 1.31. The molecule has 0 radical (unpaired) electrons. The molecule has 5 rings (SSSR count). The van der Waals surface area contributed by atoms with Crippen molar-refractivity contribution in [3.05, 3.63) is 89.5 Å². The van der Waals surface area contributed by atoms with Gasteiger partial charge in [0.25, 0.3) is 5.91 Å². The predicted molar refractivity (Wildman–Crippen MR) is 130 cm³/mol. The molecule has 4 aromatic rings. The summed E-state index contributed by atoms with van der Waals surface area (Å²) in [6.45, 7) is 1.16. The quantitative estimate of drug-likeness (QED) is 0.321. The lowest BCUT2D eigenvalue weighted by Crippen LogP contribution is -2.44. The monoisotopic (exact) mass is 469 g/mol. The summed E-state index contributed by atoms with van der Waals surface area (Å²) in [5.41, 5.74) is 3.66. The number of nitrogens with zero attached hydrogens (tertiary/aromatic N) is 3. The van der Waals surface area contributed by atoms with Gasteiger partial charge < -0.3 is 15.5 Å². The van der Waals surface area contributed by atoms with Crippen LogP contribution in [0.1, 0.15) is 16.7 Å². The summed E-state index contributed by atoms with van der Waals surface area (Å²) < 4.78 is 0. The van der Waals surface area contributed by atoms with Gasteiger partial charge in [0.15, 0.2) is 11.8 Å². The summed E-state index contributed by atoms with van der Waals surface area (Å²) in [4.78, 5) is 29.8. The summed E-state index contributed by atoms with van der Waals surface area (Å²) in [7, 11) is 0. The first-order valence-electron chi connectivity index (χ1n) is 11.1. The molecule has 0 aliphatic carbocycles. The van der Waals surface area contributed by atoms with Crippen molar-refractivity contribution in [1.82, 2.24) is 9.88 Å². The Morgan fingerprint density at radius 1 is 0.914 bits per heavy atom. The van der Waals surface area contributed by atoms with Crippen molar-refractivity contribution in [3.8, 4) is 11.8 Å². The van der Waals surface area contributed by atoms with E-state index in [9.17, 15) is 19.8 Å². The molecule has 1 unspecified atom stereocenters. The van der Waals surface area contributed by atoms with E-state index in [1.165, 1.54) is 6.07 Å². The lowest BCUT2D eigenvalue weighted by Gasteiger charge is -2.34. The zero-order valence-corrected chi connectivity index (χ0v) is 18.7. The molecule has 0 fully saturated rings. The molecule has 1 aliphatic heterocycles. The van der Waals surface area contributed by atoms with Gasteiger partial charge in [-0.1, -0.05) is 59.7 Å². The Kier molecular flexibility index (Phi) is 5.99. The predicted octanol–water partition coefficient (Wildman–Crippen LogP) is 4.72. The minimum atomic E-state index is -0.817. The van der Waals surface area contributed by atoms with Crippen LogP contribution in [-0.4, -0.2) is 38.1 Å². The lowest BCUT2D eigenvalue weighted by molar-refractivity contribution is -0.124. The van der Waals surface area contributed by atoms with E-state index in [2.05, 4.69) is 26.6 Å². The van der Waals surface area contributed by atoms with E-state index in [0.29, 0.717) is 36.0 Å². The number of carbonyl (C=O) groups is 2. The van der Waals surface area contributed by atoms with E-state index in [1.54, 1.807) is 12.1 Å². The van der Waals surface area contributed by atoms with Crippen LogP contribution in [0.2, 0.25) is 0 Å². The molecule has 4 N–H and O–H groups in total. The Labute approximate surface area is 200 Å². The van der Waals surface area contributed by atoms with Crippen molar-refractivity contribution in [1.29, 1.82) is 0 Å². The second kappa shape index (κ2) is 9.40. The average molecular weight is 470 g/mol. The average Bonchev–Trinajstić information content (AvgIpc) is 3.15. The summed E-state index contributed by atoms with van der Waals surface area (Å²) in [5.74, 6) is -0.884. The van der Waals surface area contributed by atoms with Gasteiger partial charge in [-0.05, 0) is 41.3 Å². The third-order valence-electron chi connectivity index (χ3n) is 6.12. The Morgan fingerprint density at radius 2 is 1.63 bits per heavy atom. The molecular weight excluding hydrogens is 446 g/mol. The number of aromatic hydroxyl groups is 2. The molecule has 1 aromatic heterocycles. The van der Waals surface area contributed by atoms with Crippen LogP contribution in [0.3, 0.4) is 0 Å². The van der Waals surface area contributed by atoms with Gasteiger partial charge in [0.1, 0.15) is 0 Å². The van der Waals surface area contributed by atoms with E-state index in [-0.39, 0.29) is 11.8 Å². The fourth-order valence-corrected chi connectivity index (χ4v) is 4.39. The van der Waals surface area contributed by atoms with E-state index < -0.39 is 18.0 Å². The van der Waals surface area contributed by atoms with Crippen LogP contribution in [0.5, 0.6) is 11.8 Å². The van der Waals surface area contributed by atoms with Gasteiger partial charge in [-0.3, -0.25) is 14.7 Å². The second-order valence-electron chi connectivity index (χ2n) is 8.43. The van der Waals surface area contributed by atoms with Gasteiger partial charge in [-0.25, -0.2) is 4.79 Å². The first-order valence-corrected chi connectivity index (χ1v) is 11.1. The SMILES string of the molecule is O=C(N=NC(=O)C1Cc2ccccc2CN1Cc1ccccc1)Nc1ccc2c(O)[nH]c(O)c2c1. The Morgan fingerprint density at radius 3 is 2.43 bits per heavy atom. The molecule has 176 valence electrons. The highest BCUT2D eigenvalue weighted by Crippen LogP contribution is 2.33. The van der Waals surface area contributed by atoms with Gasteiger partial charge in [0, 0.05) is 29.5 Å². The summed E-state index contributed by atoms with van der Waals surface area (Å²) in [6.07, 6.45) is 0.482. The standard InChI is InChI=1S/C26H23N5O4/c32-23-20-11-10-19(13-21(20)24(33)28-23)27-26(35)30-29-25(34)22-12-17-8-4-5-9-18(17)15-31(22)14-16-6-2-1-3-7-16/h1-11,13,22,28,32-33H,12,14-15H2,(H,27,35). The number of hydrogen-bond donors (Lipinski definition) is 4. The third-order valence-corrected chi connectivity index (χ3v) is 6.12. The number of aromatic amines is 1. The number of nitrogens with one attached hydrogen (secondary N) is 2. The van der Waals surface area contributed by atoms with Gasteiger partial charge >= 0.3 is 6.03 Å². The number of hydrogen-bond acceptors (Lipinski definition) is 5. The second-order valence-corrected chi connectivity index (χ2v) is 8.43. The number of urea groups is 1. The maximum atomic E-state index is 13.0. The Bertz CT molecular complexity index is 1430. The van der Waals surface area contributed by atoms with Gasteiger partial charge in [-0.2, -0.15) is 0 Å². The van der Waals surface area contributed by atoms with Gasteiger partial charge in [0.2, 0.25) is 0 Å². The highest BCUT2D eigenvalue weighted by Gasteiger charge is 2.31. The topological polar surface area (TPSA) is 130 Å². The van der Waals surface area contributed by atoms with Crippen LogP contribution in [0, 0.1) is 0 Å². The first-order chi connectivity index (χ1) is 17.0. The van der Waals surface area contributed by atoms with Crippen molar-refractivity contribution in [3.63, 3.8) is 0 Å². The van der Waals surface area contributed by atoms with Crippen LogP contribution in [-0.2, 0) is 24.3 Å². The first kappa shape index (κ1) is 22.3. The van der Waals surface area contributed by atoms with Crippen LogP contribution < -0.4 is 5.32 Å². The van der Waals surface area contributed by atoms with Crippen LogP contribution in [0.15, 0.2) is 83.0 Å². The lowest BCUT2D eigenvalue weighted by atomic mass is 9.93. The van der Waals surface area contributed by atoms with Crippen molar-refractivity contribution in [2.24, 2.45) is 10.2 Å². The fourth-order valence-electron chi connectivity index (χ4n) is 4.39. The number of azo groups is 1. The third kappa shape index (κ3) is 4.75. The highest BCUT2D eigenvalue weighted by atomic mass is 16.3. The molecule has 3 aromatic carbocycles. The summed E-state index contributed by atoms with van der Waals surface area (Å²) in [5, 5.41) is 30.2. The molecular formula is C26H23N5O4. The number of fused-ring (bicyclic) bond motifs is 2. The number of aromatic nitrogens is 1. The number of rotatable bonds is 4. The molecule has 2 heterocycles. The number of benzene rings is 3. The summed E-state index contributed by atoms with van der Waals surface area (Å²) >= 11 is 0. The van der Waals surface area contributed by atoms with E-state index in [1.807, 2.05) is 53.4 Å². The number of amides is 3. The maximum absolute atomic E-state index is 13.0. The summed E-state index contributed by atoms with van der Waals surface area (Å²) in [6, 6.07) is 21.1. The number of anilines is 1. The fraction of sp³-hybridized carbons (Fsp3) is 0.154. The minimum Gasteiger partial charge on any atom is -0.494 e. The van der Waals surface area contributed by atoms with E-state index >= 15 is 0 Å². The zero-order chi connectivity index (χ0) is 24.4. The number of carbonyl (C=O) groups excluding carboxylic acids is 2.